The van der Waals surface area contributed by atoms with Gasteiger partial charge in [-0.15, -0.1) is 0 Å². The molecule has 2 heterocycles. The van der Waals surface area contributed by atoms with Crippen molar-refractivity contribution in [2.45, 2.75) is 32.9 Å². The Morgan fingerprint density at radius 1 is 0.944 bits per heavy atom. The van der Waals surface area contributed by atoms with Crippen molar-refractivity contribution in [2.24, 2.45) is 0 Å². The van der Waals surface area contributed by atoms with E-state index in [-0.39, 0.29) is 6.09 Å². The molecule has 0 atom stereocenters. The van der Waals surface area contributed by atoms with Crippen LogP contribution in [0.4, 0.5) is 4.79 Å². The van der Waals surface area contributed by atoms with Crippen LogP contribution in [-0.4, -0.2) is 53.3 Å². The summed E-state index contributed by atoms with van der Waals surface area (Å²) in [6, 6.07) is 16.0. The summed E-state index contributed by atoms with van der Waals surface area (Å²) in [4.78, 5) is 22.6. The molecular weight excluding hydrogens is 523 g/mol. The van der Waals surface area contributed by atoms with Crippen molar-refractivity contribution in [1.29, 1.82) is 0 Å². The number of amides is 1. The average molecular weight is 548 g/mol. The topological polar surface area (TPSA) is 115 Å². The molecule has 0 N–H and O–H groups in total. The Morgan fingerprint density at radius 2 is 1.56 bits per heavy atom. The molecule has 9 nitrogen and oxygen atoms in total. The number of ether oxygens (including phenoxy) is 1. The van der Waals surface area contributed by atoms with E-state index in [2.05, 4.69) is 15.1 Å². The second-order valence-electron chi connectivity index (χ2n) is 9.20. The van der Waals surface area contributed by atoms with Gasteiger partial charge < -0.3 is 9.64 Å². The number of benzene rings is 2. The normalized spacial score (nSPS) is 11.2. The van der Waals surface area contributed by atoms with Crippen molar-refractivity contribution in [3.8, 4) is 34.0 Å². The standard InChI is InChI=1S/C26H25AsN4O5/c1-26(2,3)35-25(32)31(4)16-17-5-7-18(8-6-17)21-13-24(36-30-21)23-15-28-14-22(29-23)19-9-11-20(12-10-19)27(33)34/h5-15H,16H2,1-4H3. The Morgan fingerprint density at radius 3 is 2.19 bits per heavy atom. The van der Waals surface area contributed by atoms with Gasteiger partial charge in [-0.1, -0.05) is 12.1 Å². The van der Waals surface area contributed by atoms with Gasteiger partial charge >= 0.3 is 141 Å². The van der Waals surface area contributed by atoms with Gasteiger partial charge in [-0.3, -0.25) is 0 Å². The molecule has 0 radical (unpaired) electrons. The molecule has 2 aromatic heterocycles. The molecule has 36 heavy (non-hydrogen) atoms. The third-order valence-corrected chi connectivity index (χ3v) is 6.66. The number of carbonyl (C=O) groups excluding carboxylic acids is 1. The van der Waals surface area contributed by atoms with Gasteiger partial charge in [-0.05, 0) is 26.3 Å². The van der Waals surface area contributed by atoms with Gasteiger partial charge in [0.2, 0.25) is 0 Å². The van der Waals surface area contributed by atoms with E-state index in [1.807, 2.05) is 45.0 Å². The summed E-state index contributed by atoms with van der Waals surface area (Å²) in [7, 11) is 1.70. The number of rotatable bonds is 6. The van der Waals surface area contributed by atoms with Crippen LogP contribution in [0.2, 0.25) is 0 Å². The zero-order valence-corrected chi connectivity index (χ0v) is 22.2. The van der Waals surface area contributed by atoms with E-state index >= 15 is 0 Å². The molecule has 0 saturated carbocycles. The molecule has 1 amide bonds. The van der Waals surface area contributed by atoms with Crippen LogP contribution in [0.3, 0.4) is 0 Å². The van der Waals surface area contributed by atoms with Crippen molar-refractivity contribution in [3.63, 3.8) is 0 Å². The molecule has 2 aromatic carbocycles. The first-order chi connectivity index (χ1) is 17.1. The maximum atomic E-state index is 12.2. The molecule has 0 fully saturated rings. The SMILES string of the molecule is CN(Cc1ccc(-c2cc(-c3cncc(-c4ccc([As](=O)=O)cc4)n3)on2)cc1)C(=O)OC(C)(C)C. The fourth-order valence-corrected chi connectivity index (χ4v) is 4.19. The zero-order valence-electron chi connectivity index (χ0n) is 20.3. The van der Waals surface area contributed by atoms with Crippen molar-refractivity contribution < 1.29 is 21.5 Å². The van der Waals surface area contributed by atoms with E-state index in [1.165, 1.54) is 4.90 Å². The Labute approximate surface area is 212 Å². The quantitative estimate of drug-likeness (QED) is 0.326. The number of aromatic nitrogens is 3. The van der Waals surface area contributed by atoms with Crippen LogP contribution >= 0.6 is 0 Å². The van der Waals surface area contributed by atoms with E-state index in [4.69, 9.17) is 9.26 Å². The van der Waals surface area contributed by atoms with Gasteiger partial charge in [-0.25, -0.2) is 4.79 Å². The van der Waals surface area contributed by atoms with Crippen molar-refractivity contribution >= 4 is 25.0 Å². The van der Waals surface area contributed by atoms with E-state index in [9.17, 15) is 12.3 Å². The predicted octanol–water partition coefficient (Wildman–Crippen LogP) is 4.39. The Balaban J connectivity index is 1.47. The molecule has 0 aliphatic carbocycles. The van der Waals surface area contributed by atoms with Gasteiger partial charge in [0.05, 0.1) is 0 Å². The molecule has 0 saturated heterocycles. The summed E-state index contributed by atoms with van der Waals surface area (Å²) in [5.74, 6) is 0.455. The first kappa shape index (κ1) is 25.3. The van der Waals surface area contributed by atoms with Crippen LogP contribution in [0.1, 0.15) is 26.3 Å². The van der Waals surface area contributed by atoms with Crippen LogP contribution in [0, 0.1) is 0 Å². The molecule has 10 heteroatoms. The van der Waals surface area contributed by atoms with Gasteiger partial charge in [0.15, 0.2) is 0 Å². The minimum absolute atomic E-state index is 0.317. The second kappa shape index (κ2) is 10.4. The molecule has 0 spiro atoms. The Kier molecular flexibility index (Phi) is 7.31. The summed E-state index contributed by atoms with van der Waals surface area (Å²) in [5, 5.41) is 4.16. The number of nitrogens with zero attached hydrogens (tertiary/aromatic N) is 4. The zero-order chi connectivity index (χ0) is 25.9. The smallest absolute Gasteiger partial charge is 0.444 e. The monoisotopic (exact) mass is 548 g/mol. The summed E-state index contributed by atoms with van der Waals surface area (Å²) in [5.41, 5.74) is 3.73. The third-order valence-electron chi connectivity index (χ3n) is 5.15. The fraction of sp³-hybridized carbons (Fsp3) is 0.231. The van der Waals surface area contributed by atoms with Crippen LogP contribution < -0.4 is 4.35 Å². The fourth-order valence-electron chi connectivity index (χ4n) is 3.37. The van der Waals surface area contributed by atoms with Crippen molar-refractivity contribution in [2.75, 3.05) is 7.05 Å². The predicted molar refractivity (Wildman–Crippen MR) is 133 cm³/mol. The van der Waals surface area contributed by atoms with Crippen molar-refractivity contribution in [1.82, 2.24) is 20.0 Å². The van der Waals surface area contributed by atoms with E-state index in [0.29, 0.717) is 33.7 Å². The van der Waals surface area contributed by atoms with E-state index in [0.717, 1.165) is 16.7 Å². The summed E-state index contributed by atoms with van der Waals surface area (Å²) in [6.45, 7) is 5.91. The summed E-state index contributed by atoms with van der Waals surface area (Å²) in [6.07, 6.45) is 2.80. The molecular formula is C26H25AsN4O5. The number of hydrogen-bond donors (Lipinski definition) is 0. The maximum absolute atomic E-state index is 12.2. The summed E-state index contributed by atoms with van der Waals surface area (Å²) >= 11 is -3.40. The average Bonchev–Trinajstić information content (AvgIpc) is 3.34. The summed E-state index contributed by atoms with van der Waals surface area (Å²) < 4.78 is 33.6. The van der Waals surface area contributed by atoms with E-state index < -0.39 is 20.1 Å². The van der Waals surface area contributed by atoms with Gasteiger partial charge in [0, 0.05) is 13.6 Å². The Hall–Kier alpha value is -3.84. The molecule has 0 aliphatic heterocycles. The van der Waals surface area contributed by atoms with Gasteiger partial charge in [0.25, 0.3) is 0 Å². The first-order valence-corrected chi connectivity index (χ1v) is 13.6. The Bertz CT molecular complexity index is 1430. The molecule has 184 valence electrons. The van der Waals surface area contributed by atoms with Crippen LogP contribution in [-0.2, 0) is 18.8 Å². The van der Waals surface area contributed by atoms with Crippen LogP contribution in [0.15, 0.2) is 71.5 Å². The molecule has 0 bridgehead atoms. The van der Waals surface area contributed by atoms with Crippen molar-refractivity contribution in [3.05, 3.63) is 72.6 Å². The number of hydrogen-bond acceptors (Lipinski definition) is 8. The third kappa shape index (κ3) is 6.23. The van der Waals surface area contributed by atoms with Gasteiger partial charge in [0.1, 0.15) is 5.60 Å². The molecule has 4 rings (SSSR count). The first-order valence-electron chi connectivity index (χ1n) is 11.2. The van der Waals surface area contributed by atoms with Crippen LogP contribution in [0.5, 0.6) is 0 Å². The number of carbonyl (C=O) groups is 1. The van der Waals surface area contributed by atoms with Crippen LogP contribution in [0.25, 0.3) is 34.0 Å². The second-order valence-corrected chi connectivity index (χ2v) is 11.4. The minimum atomic E-state index is -3.40. The minimum Gasteiger partial charge on any atom is -0.444 e. The van der Waals surface area contributed by atoms with Gasteiger partial charge in [-0.2, -0.15) is 0 Å². The molecule has 0 unspecified atom stereocenters. The van der Waals surface area contributed by atoms with E-state index in [1.54, 1.807) is 49.8 Å². The molecule has 4 aromatic rings. The molecule has 0 aliphatic rings.